The van der Waals surface area contributed by atoms with Crippen LogP contribution in [0.5, 0.6) is 47.0 Å². The third-order valence-corrected chi connectivity index (χ3v) is 26.6. The summed E-state index contributed by atoms with van der Waals surface area (Å²) in [7, 11) is 7.23. The molecule has 12 aromatic heterocycles. The van der Waals surface area contributed by atoms with E-state index in [2.05, 4.69) is 95.8 Å². The molecule has 4 aromatic carbocycles. The topological polar surface area (TPSA) is 469 Å². The van der Waals surface area contributed by atoms with Crippen molar-refractivity contribution >= 4 is 140 Å². The molecule has 3 saturated heterocycles. The van der Waals surface area contributed by atoms with E-state index in [0.29, 0.717) is 193 Å². The van der Waals surface area contributed by atoms with E-state index in [0.717, 1.165) is 92.5 Å². The minimum absolute atomic E-state index is 0.0566. The molecular weight excluding hydrogens is 1620 g/mol. The van der Waals surface area contributed by atoms with Gasteiger partial charge in [0.2, 0.25) is 0 Å². The molecule has 37 heteroatoms. The Kier molecular flexibility index (Phi) is 19.1. The minimum atomic E-state index is -0.337. The van der Waals surface area contributed by atoms with Gasteiger partial charge in [0.1, 0.15) is 97.9 Å². The monoisotopic (exact) mass is 1710 g/mol. The number of rotatable bonds is 16. The summed E-state index contributed by atoms with van der Waals surface area (Å²) in [5.41, 5.74) is 47.1. The smallest absolute Gasteiger partial charge is 0.326 e. The van der Waals surface area contributed by atoms with Crippen molar-refractivity contribution in [1.82, 2.24) is 79.7 Å². The number of piperidine rings is 2. The maximum Gasteiger partial charge on any atom is 0.326 e. The molecule has 8 fully saturated rings. The summed E-state index contributed by atoms with van der Waals surface area (Å²) < 4.78 is 84.4. The highest BCUT2D eigenvalue weighted by atomic mass is 19.1. The van der Waals surface area contributed by atoms with E-state index in [1.807, 2.05) is 33.2 Å². The Bertz CT molecular complexity index is 6980. The number of hydrogen-bond acceptors (Lipinski definition) is 29. The average Bonchev–Trinajstić information content (AvgIpc) is 1.57. The lowest BCUT2D eigenvalue weighted by Crippen LogP contribution is -2.30. The first-order valence-electron chi connectivity index (χ1n) is 42.0. The molecule has 0 amide bonds. The van der Waals surface area contributed by atoms with Crippen LogP contribution in [-0.2, 0) is 0 Å². The first kappa shape index (κ1) is 79.2. The van der Waals surface area contributed by atoms with Crippen LogP contribution < -0.4 is 89.3 Å². The Morgan fingerprint density at radius 3 is 1.21 bits per heavy atom. The molecule has 644 valence electrons. The number of anilines is 9. The predicted octanol–water partition coefficient (Wildman–Crippen LogP) is 13.2. The number of hydrogen-bond donors (Lipinski definition) is 14. The van der Waals surface area contributed by atoms with Crippen LogP contribution >= 0.6 is 0 Å². The summed E-state index contributed by atoms with van der Waals surface area (Å²) >= 11 is 0. The normalized spacial score (nSPS) is 21.9. The Hall–Kier alpha value is -14.0. The second kappa shape index (κ2) is 30.4. The molecule has 6 unspecified atom stereocenters. The number of nitrogen functional groups attached to an aromatic ring is 2. The average molecular weight is 1710 g/mol. The highest BCUT2D eigenvalue weighted by Crippen LogP contribution is 2.59. The van der Waals surface area contributed by atoms with E-state index in [4.69, 9.17) is 73.3 Å². The minimum Gasteiger partial charge on any atom is -0.423 e. The third kappa shape index (κ3) is 13.8. The lowest BCUT2D eigenvalue weighted by Gasteiger charge is -2.21. The van der Waals surface area contributed by atoms with Gasteiger partial charge in [0.05, 0.1) is 113 Å². The van der Waals surface area contributed by atoms with Crippen molar-refractivity contribution in [1.29, 1.82) is 0 Å². The fourth-order valence-electron chi connectivity index (χ4n) is 19.4. The first-order valence-corrected chi connectivity index (χ1v) is 42.0. The Labute approximate surface area is 716 Å². The van der Waals surface area contributed by atoms with Crippen LogP contribution in [-0.4, -0.2) is 171 Å². The van der Waals surface area contributed by atoms with Gasteiger partial charge < -0.3 is 109 Å². The molecule has 24 rings (SSSR count). The van der Waals surface area contributed by atoms with Gasteiger partial charge in [0.25, 0.3) is 0 Å². The van der Waals surface area contributed by atoms with Crippen molar-refractivity contribution < 1.29 is 36.5 Å². The zero-order valence-corrected chi connectivity index (χ0v) is 69.7. The number of aromatic nitrogens is 16. The molecule has 20 N–H and O–H groups in total. The SMILES string of the molecule is CNc1cc(C)c(F)c2c1[nH]c1nc(Oc3ccc(C)nc3)nc(N3CC4C(N)C4C3)c12.CNc1cc(C)c(F)c2c1[nH]c1nc(Oc3cccnc3)nc(N3CC4C(N)C4C3)c12.CNc1ccc(F)c2c1[nH]c1nc(Oc3ccc(N)nc3)nc(C3CC4C(N)C4C3)c12.CNc1ccc(F)c2c1[nH]c1nc(Oc3ccc(N)nc3)nc(N3C[C@H](N)C4(CC4)C3)c12. The quantitative estimate of drug-likeness (QED) is 0.0400. The molecular formula is C89H91F4N29O4. The van der Waals surface area contributed by atoms with Crippen molar-refractivity contribution in [2.24, 2.45) is 63.9 Å². The lowest BCUT2D eigenvalue weighted by atomic mass is 9.95. The molecule has 0 radical (unpaired) electrons. The molecule has 3 aliphatic heterocycles. The van der Waals surface area contributed by atoms with Crippen LogP contribution in [0.3, 0.4) is 0 Å². The van der Waals surface area contributed by atoms with Crippen molar-refractivity contribution in [3.05, 3.63) is 162 Å². The van der Waals surface area contributed by atoms with E-state index in [9.17, 15) is 4.39 Å². The summed E-state index contributed by atoms with van der Waals surface area (Å²) in [6.07, 6.45) is 12.0. The Balaban J connectivity index is 0.000000103. The van der Waals surface area contributed by atoms with Gasteiger partial charge in [-0.15, -0.1) is 0 Å². The van der Waals surface area contributed by atoms with Crippen molar-refractivity contribution in [3.63, 3.8) is 0 Å². The maximum atomic E-state index is 15.4. The standard InChI is InChI=1S/C23H24FN7O.C22H23FN8O.2C22H22FN7O/c1-10-6-15(26-3)20-16(18(10)24)17-21(28-20)29-23(32-12-5-4-11(2)27-7-12)30-22(17)31-8-13-14(9-31)19(13)25;1-26-13-4-3-12(23)16-17-19(28-18(13)16)29-21(32-11-2-5-15(25)27-8-11)30-20(17)31-9-14(24)22(10-31)6-7-22;1-10-6-14(25-2)19-15(17(10)23)16-20(27-19)28-22(31-11-4-3-5-26-7-11)29-21(16)30-8-12-13(9-30)18(12)24;1-26-14-4-3-13(23)16-17-19(9-6-11-12(7-9)18(11)25)29-22(30-21(17)28-20(14)16)31-10-2-5-15(24)27-8-10/h4-7,13-14,19,26H,8-9,25H2,1-3H3,(H,28,29,30);2-5,8,14,26H,6-7,9-10,24H2,1H3,(H2,25,27)(H,28,29,30);3-7,12-13,18,25H,8-9,24H2,1-2H3,(H,27,28,29);2-5,8-9,11-12,18,26H,6-7,25H2,1H3,(H2,24,27)(H,28,29,30)/t;14-;;/m.0../s1. The number of ether oxygens (including phenoxy) is 4. The van der Waals surface area contributed by atoms with Gasteiger partial charge in [0.15, 0.2) is 0 Å². The molecule has 5 aliphatic carbocycles. The zero-order valence-electron chi connectivity index (χ0n) is 69.7. The van der Waals surface area contributed by atoms with Gasteiger partial charge in [-0.2, -0.15) is 39.9 Å². The fraction of sp³-hybridized carbons (Fsp3) is 0.326. The summed E-state index contributed by atoms with van der Waals surface area (Å²) in [5, 5.41) is 17.1. The third-order valence-electron chi connectivity index (χ3n) is 26.6. The van der Waals surface area contributed by atoms with Crippen molar-refractivity contribution in [2.45, 2.75) is 76.5 Å². The summed E-state index contributed by atoms with van der Waals surface area (Å²) in [6.45, 7) is 10.0. The van der Waals surface area contributed by atoms with E-state index < -0.39 is 0 Å². The van der Waals surface area contributed by atoms with Gasteiger partial charge in [0, 0.05) is 120 Å². The first-order chi connectivity index (χ1) is 61.0. The van der Waals surface area contributed by atoms with E-state index in [1.54, 1.807) is 107 Å². The summed E-state index contributed by atoms with van der Waals surface area (Å²) in [5.74, 6) is 6.61. The highest BCUT2D eigenvalue weighted by molar-refractivity contribution is 6.18. The molecule has 8 aliphatic rings. The number of aryl methyl sites for hydroxylation is 3. The Morgan fingerprint density at radius 1 is 0.413 bits per heavy atom. The van der Waals surface area contributed by atoms with Crippen molar-refractivity contribution in [3.8, 4) is 47.0 Å². The molecule has 126 heavy (non-hydrogen) atoms. The van der Waals surface area contributed by atoms with Crippen LogP contribution in [0.2, 0.25) is 0 Å². The second-order valence-electron chi connectivity index (χ2n) is 34.2. The largest absolute Gasteiger partial charge is 0.423 e. The number of nitrogens with one attached hydrogen (secondary N) is 8. The summed E-state index contributed by atoms with van der Waals surface area (Å²) in [6, 6.07) is 25.4. The van der Waals surface area contributed by atoms with Crippen LogP contribution in [0.25, 0.3) is 87.7 Å². The number of H-pyrrole nitrogens is 4. The number of nitrogens with zero attached hydrogens (tertiary/aromatic N) is 15. The maximum absolute atomic E-state index is 15.4. The molecule has 15 heterocycles. The van der Waals surface area contributed by atoms with E-state index in [-0.39, 0.29) is 82.8 Å². The number of pyridine rings is 4. The molecule has 16 aromatic rings. The van der Waals surface area contributed by atoms with Gasteiger partial charge in [-0.05, 0) is 178 Å². The van der Waals surface area contributed by atoms with Crippen molar-refractivity contribution in [2.75, 3.05) is 115 Å². The highest BCUT2D eigenvalue weighted by Gasteiger charge is 2.58. The van der Waals surface area contributed by atoms with Crippen LogP contribution in [0.1, 0.15) is 54.1 Å². The lowest BCUT2D eigenvalue weighted by molar-refractivity contribution is 0.436. The number of aromatic amines is 4. The molecule has 5 saturated carbocycles. The number of halogens is 4. The second-order valence-corrected chi connectivity index (χ2v) is 34.2. The van der Waals surface area contributed by atoms with Gasteiger partial charge >= 0.3 is 24.0 Å². The van der Waals surface area contributed by atoms with Crippen LogP contribution in [0.4, 0.5) is 69.4 Å². The molecule has 1 spiro atoms. The Morgan fingerprint density at radius 2 is 0.810 bits per heavy atom. The summed E-state index contributed by atoms with van der Waals surface area (Å²) in [4.78, 5) is 73.3. The van der Waals surface area contributed by atoms with Gasteiger partial charge in [-0.1, -0.05) is 0 Å². The molecule has 0 bridgehead atoms. The molecule has 33 nitrogen and oxygen atoms in total. The van der Waals surface area contributed by atoms with Crippen LogP contribution in [0, 0.1) is 85.0 Å². The fourth-order valence-corrected chi connectivity index (χ4v) is 19.4. The van der Waals surface area contributed by atoms with Crippen LogP contribution in [0.15, 0.2) is 116 Å². The zero-order chi connectivity index (χ0) is 86.7. The number of benzene rings is 4. The van der Waals surface area contributed by atoms with Gasteiger partial charge in [-0.3, -0.25) is 9.97 Å². The number of fused-ring (bicyclic) bond motifs is 15. The van der Waals surface area contributed by atoms with E-state index in [1.165, 1.54) is 24.5 Å². The predicted molar refractivity (Wildman–Crippen MR) is 477 cm³/mol. The number of nitrogens with two attached hydrogens (primary N) is 6. The molecule has 7 atom stereocenters. The van der Waals surface area contributed by atoms with E-state index >= 15 is 13.2 Å². The van der Waals surface area contributed by atoms with Gasteiger partial charge in [-0.25, -0.2) is 27.5 Å².